The fourth-order valence-corrected chi connectivity index (χ4v) is 9.21. The lowest BCUT2D eigenvalue weighted by atomic mass is 10.1. The Morgan fingerprint density at radius 2 is 1.27 bits per heavy atom. The monoisotopic (exact) mass is 916 g/mol. The fourth-order valence-electron chi connectivity index (χ4n) is 6.86. The van der Waals surface area contributed by atoms with Crippen molar-refractivity contribution in [1.29, 1.82) is 0 Å². The molecule has 8 aromatic rings. The molecule has 0 aliphatic carbocycles. The lowest BCUT2D eigenvalue weighted by molar-refractivity contribution is 0.153. The second-order valence-corrected chi connectivity index (χ2v) is 25.4. The third kappa shape index (κ3) is 11.6. The van der Waals surface area contributed by atoms with Crippen molar-refractivity contribution in [3.63, 3.8) is 0 Å². The predicted molar refractivity (Wildman–Crippen MR) is 264 cm³/mol. The third-order valence-electron chi connectivity index (χ3n) is 10.3. The molecule has 0 bridgehead atoms. The number of nitrogens with zero attached hydrogens (tertiary/aromatic N) is 13. The maximum Gasteiger partial charge on any atom is 0.215 e. The maximum absolute atomic E-state index is 6.13. The van der Waals surface area contributed by atoms with Gasteiger partial charge in [0.2, 0.25) is 10.3 Å². The highest BCUT2D eigenvalue weighted by molar-refractivity contribution is 7.15. The molecule has 0 aliphatic heterocycles. The van der Waals surface area contributed by atoms with Gasteiger partial charge in [-0.3, -0.25) is 24.2 Å². The standard InChI is InChI=1S/C26H37N7OSSi.C20H23N7S/c1-8-9-21-20(16-32(4)31-21)19-14-23-22(27-15-19)10-11-24(28-23)33(17-34-12-13-36(5,6)7)26-30-29-25(35-26)18(2)3;1-5-6-15-14(11-27(4)26-15)13-9-17-16(21-10-13)7-8-18(22-17)23-20-25-24-19(28-20)12(2)3/h10-11,14-16,18H,8-9,12-13,17H2,1-7H3;7-12H,5-6H2,1-4H3,(H,22,23,25). The largest absolute Gasteiger partial charge is 0.361 e. The molecule has 0 saturated heterocycles. The minimum atomic E-state index is -1.18. The number of rotatable bonds is 17. The molecule has 336 valence electrons. The number of anilines is 4. The molecule has 8 heterocycles. The summed E-state index contributed by atoms with van der Waals surface area (Å²) in [4.78, 5) is 21.0. The normalized spacial score (nSPS) is 11.8. The summed E-state index contributed by atoms with van der Waals surface area (Å²) in [6.07, 6.45) is 11.9. The average Bonchev–Trinajstić information content (AvgIpc) is 4.08. The summed E-state index contributed by atoms with van der Waals surface area (Å²) in [5.74, 6) is 2.19. The van der Waals surface area contributed by atoms with E-state index in [0.717, 1.165) is 126 Å². The molecule has 0 amide bonds. The van der Waals surface area contributed by atoms with Crippen molar-refractivity contribution in [2.75, 3.05) is 23.6 Å². The number of pyridine rings is 4. The lowest BCUT2D eigenvalue weighted by Gasteiger charge is -2.22. The minimum absolute atomic E-state index is 0.319. The van der Waals surface area contributed by atoms with Crippen LogP contribution in [0.15, 0.2) is 61.2 Å². The van der Waals surface area contributed by atoms with Gasteiger partial charge in [0.1, 0.15) is 28.4 Å². The second kappa shape index (κ2) is 20.5. The molecule has 15 nitrogen and oxygen atoms in total. The van der Waals surface area contributed by atoms with Crippen LogP contribution in [0.2, 0.25) is 25.7 Å². The molecule has 64 heavy (non-hydrogen) atoms. The number of fused-ring (bicyclic) bond motifs is 2. The summed E-state index contributed by atoms with van der Waals surface area (Å²) in [6, 6.07) is 13.2. The van der Waals surface area contributed by atoms with Gasteiger partial charge in [0, 0.05) is 87.7 Å². The van der Waals surface area contributed by atoms with Gasteiger partial charge in [0.25, 0.3) is 0 Å². The van der Waals surface area contributed by atoms with E-state index in [9.17, 15) is 0 Å². The average molecular weight is 917 g/mol. The van der Waals surface area contributed by atoms with Gasteiger partial charge in [0.15, 0.2) is 0 Å². The van der Waals surface area contributed by atoms with Crippen molar-refractivity contribution in [3.05, 3.63) is 82.6 Å². The molecule has 0 saturated carbocycles. The molecule has 8 aromatic heterocycles. The van der Waals surface area contributed by atoms with Gasteiger partial charge in [-0.25, -0.2) is 9.97 Å². The number of nitrogens with one attached hydrogen (secondary N) is 1. The summed E-state index contributed by atoms with van der Waals surface area (Å²) in [6.45, 7) is 21.0. The van der Waals surface area contributed by atoms with Crippen molar-refractivity contribution < 1.29 is 4.74 Å². The molecule has 0 aliphatic rings. The van der Waals surface area contributed by atoms with Gasteiger partial charge in [0.05, 0.1) is 33.5 Å². The van der Waals surface area contributed by atoms with E-state index in [1.54, 1.807) is 22.7 Å². The molecule has 0 spiro atoms. The molecule has 0 aromatic carbocycles. The second-order valence-electron chi connectivity index (χ2n) is 17.8. The number of aromatic nitrogens is 12. The number of ether oxygens (including phenoxy) is 1. The molecule has 8 rings (SSSR count). The Labute approximate surface area is 384 Å². The van der Waals surface area contributed by atoms with Gasteiger partial charge in [-0.15, -0.1) is 20.4 Å². The molecular weight excluding hydrogens is 857 g/mol. The molecular formula is C46H60N14OS2Si. The zero-order chi connectivity index (χ0) is 45.5. The van der Waals surface area contributed by atoms with Gasteiger partial charge in [-0.1, -0.05) is 96.7 Å². The SMILES string of the molecule is CCCc1nn(C)cc1-c1cnc2ccc(N(COCC[Si](C)(C)C)c3nnc(C(C)C)s3)nc2c1.CCCc1nn(C)cc1-c1cnc2ccc(Nc3nnc(C(C)C)s3)nc2c1. The van der Waals surface area contributed by atoms with Crippen molar-refractivity contribution in [3.8, 4) is 22.3 Å². The van der Waals surface area contributed by atoms with Crippen LogP contribution in [0.5, 0.6) is 0 Å². The Balaban J connectivity index is 0.000000197. The van der Waals surface area contributed by atoms with Crippen LogP contribution >= 0.6 is 22.7 Å². The quantitative estimate of drug-likeness (QED) is 0.0522. The Bertz CT molecular complexity index is 2800. The Hall–Kier alpha value is -5.56. The van der Waals surface area contributed by atoms with Gasteiger partial charge in [-0.05, 0) is 55.3 Å². The minimum Gasteiger partial charge on any atom is -0.361 e. The van der Waals surface area contributed by atoms with Crippen LogP contribution in [-0.4, -0.2) is 81.3 Å². The first kappa shape index (κ1) is 46.4. The highest BCUT2D eigenvalue weighted by Crippen LogP contribution is 2.33. The van der Waals surface area contributed by atoms with E-state index in [0.29, 0.717) is 18.6 Å². The highest BCUT2D eigenvalue weighted by atomic mass is 32.1. The lowest BCUT2D eigenvalue weighted by Crippen LogP contribution is -2.26. The van der Waals surface area contributed by atoms with E-state index in [2.05, 4.69) is 120 Å². The number of hydrogen-bond acceptors (Lipinski definition) is 15. The van der Waals surface area contributed by atoms with Crippen molar-refractivity contribution in [1.82, 2.24) is 59.9 Å². The first-order valence-corrected chi connectivity index (χ1v) is 27.4. The number of aryl methyl sites for hydroxylation is 4. The summed E-state index contributed by atoms with van der Waals surface area (Å²) < 4.78 is 9.86. The van der Waals surface area contributed by atoms with E-state index in [1.165, 1.54) is 0 Å². The third-order valence-corrected chi connectivity index (χ3v) is 14.4. The molecule has 0 radical (unpaired) electrons. The molecule has 18 heteroatoms. The zero-order valence-electron chi connectivity index (χ0n) is 38.9. The van der Waals surface area contributed by atoms with Crippen LogP contribution in [0.25, 0.3) is 44.3 Å². The fraction of sp³-hybridized carbons (Fsp3) is 0.435. The molecule has 0 unspecified atom stereocenters. The Kier molecular flexibility index (Phi) is 14.9. The van der Waals surface area contributed by atoms with Gasteiger partial charge >= 0.3 is 0 Å². The van der Waals surface area contributed by atoms with Crippen LogP contribution in [0.1, 0.15) is 87.6 Å². The van der Waals surface area contributed by atoms with E-state index < -0.39 is 8.07 Å². The smallest absolute Gasteiger partial charge is 0.215 e. The van der Waals surface area contributed by atoms with Crippen LogP contribution in [-0.2, 0) is 31.7 Å². The predicted octanol–water partition coefficient (Wildman–Crippen LogP) is 11.1. The van der Waals surface area contributed by atoms with Gasteiger partial charge in [-0.2, -0.15) is 10.2 Å². The first-order valence-electron chi connectivity index (χ1n) is 22.1. The van der Waals surface area contributed by atoms with E-state index in [-0.39, 0.29) is 0 Å². The van der Waals surface area contributed by atoms with Crippen molar-refractivity contribution in [2.24, 2.45) is 14.1 Å². The summed E-state index contributed by atoms with van der Waals surface area (Å²) in [7, 11) is 2.73. The molecule has 0 fully saturated rings. The van der Waals surface area contributed by atoms with Crippen LogP contribution < -0.4 is 10.2 Å². The van der Waals surface area contributed by atoms with Crippen LogP contribution in [0.4, 0.5) is 21.9 Å². The zero-order valence-corrected chi connectivity index (χ0v) is 41.5. The van der Waals surface area contributed by atoms with Gasteiger partial charge < -0.3 is 10.1 Å². The Morgan fingerprint density at radius 1 is 0.703 bits per heavy atom. The summed E-state index contributed by atoms with van der Waals surface area (Å²) in [5, 5.41) is 33.3. The summed E-state index contributed by atoms with van der Waals surface area (Å²) in [5.41, 5.74) is 9.84. The van der Waals surface area contributed by atoms with E-state index >= 15 is 0 Å². The maximum atomic E-state index is 6.13. The molecule has 0 atom stereocenters. The van der Waals surface area contributed by atoms with E-state index in [1.807, 2.05) is 71.2 Å². The number of hydrogen-bond donors (Lipinski definition) is 1. The van der Waals surface area contributed by atoms with Crippen LogP contribution in [0.3, 0.4) is 0 Å². The van der Waals surface area contributed by atoms with Crippen molar-refractivity contribution >= 4 is 74.7 Å². The van der Waals surface area contributed by atoms with Crippen molar-refractivity contribution in [2.45, 2.75) is 105 Å². The first-order chi connectivity index (χ1) is 30.7. The van der Waals surface area contributed by atoms with Crippen LogP contribution in [0, 0.1) is 0 Å². The topological polar surface area (TPSA) is 163 Å². The summed E-state index contributed by atoms with van der Waals surface area (Å²) >= 11 is 3.14. The molecule has 1 N–H and O–H groups in total. The highest BCUT2D eigenvalue weighted by Gasteiger charge is 2.21. The Morgan fingerprint density at radius 3 is 1.81 bits per heavy atom. The van der Waals surface area contributed by atoms with E-state index in [4.69, 9.17) is 19.7 Å².